The number of rotatable bonds is 6. The number of nitrogens with zero attached hydrogens (tertiary/aromatic N) is 1. The van der Waals surface area contributed by atoms with E-state index in [9.17, 15) is 4.79 Å². The number of para-hydroxylation sites is 1. The van der Waals surface area contributed by atoms with Gasteiger partial charge < -0.3 is 14.8 Å². The minimum Gasteiger partial charge on any atom is -0.494 e. The van der Waals surface area contributed by atoms with Crippen LogP contribution < -0.4 is 10.1 Å². The fraction of sp³-hybridized carbons (Fsp3) is 0.360. The van der Waals surface area contributed by atoms with E-state index >= 15 is 0 Å². The van der Waals surface area contributed by atoms with Gasteiger partial charge in [-0.2, -0.15) is 0 Å². The molecule has 0 bridgehead atoms. The van der Waals surface area contributed by atoms with Crippen LogP contribution in [0.4, 0.5) is 0 Å². The first-order valence-electron chi connectivity index (χ1n) is 10.6. The maximum absolute atomic E-state index is 13.3. The zero-order valence-corrected chi connectivity index (χ0v) is 17.1. The summed E-state index contributed by atoms with van der Waals surface area (Å²) in [7, 11) is 1.57. The summed E-state index contributed by atoms with van der Waals surface area (Å²) in [5, 5.41) is 4.04. The van der Waals surface area contributed by atoms with E-state index in [0.29, 0.717) is 17.9 Å². The van der Waals surface area contributed by atoms with Crippen LogP contribution in [-0.2, 0) is 11.3 Å². The van der Waals surface area contributed by atoms with Crippen LogP contribution in [0, 0.1) is 5.41 Å². The third-order valence-electron chi connectivity index (χ3n) is 6.72. The van der Waals surface area contributed by atoms with E-state index in [1.54, 1.807) is 13.3 Å². The Bertz CT molecular complexity index is 1060. The molecule has 1 amide bonds. The maximum atomic E-state index is 13.3. The van der Waals surface area contributed by atoms with E-state index in [-0.39, 0.29) is 23.5 Å². The summed E-state index contributed by atoms with van der Waals surface area (Å²) >= 11 is 0. The zero-order chi connectivity index (χ0) is 20.6. The number of fused-ring (bicyclic) bond motifs is 1. The Balaban J connectivity index is 1.36. The first-order valence-corrected chi connectivity index (χ1v) is 10.6. The number of carbonyl (C=O) groups is 1. The third-order valence-corrected chi connectivity index (χ3v) is 6.72. The van der Waals surface area contributed by atoms with E-state index in [2.05, 4.69) is 22.4 Å². The molecule has 5 nitrogen and oxygen atoms in total. The van der Waals surface area contributed by atoms with Crippen LogP contribution in [0.5, 0.6) is 5.75 Å². The summed E-state index contributed by atoms with van der Waals surface area (Å²) < 4.78 is 11.8. The maximum Gasteiger partial charge on any atom is 0.256 e. The second kappa shape index (κ2) is 7.73. The molecular formula is C25H26N2O3. The van der Waals surface area contributed by atoms with Gasteiger partial charge in [-0.25, -0.2) is 0 Å². The van der Waals surface area contributed by atoms with Gasteiger partial charge in [-0.05, 0) is 30.9 Å². The lowest BCUT2D eigenvalue weighted by molar-refractivity contribution is -0.176. The van der Waals surface area contributed by atoms with Crippen molar-refractivity contribution in [2.75, 3.05) is 7.11 Å². The van der Waals surface area contributed by atoms with Crippen LogP contribution in [-0.4, -0.2) is 30.1 Å². The number of nitrogens with one attached hydrogen (secondary N) is 1. The zero-order valence-electron chi connectivity index (χ0n) is 17.1. The molecule has 2 aromatic carbocycles. The van der Waals surface area contributed by atoms with Crippen molar-refractivity contribution in [3.63, 3.8) is 0 Å². The number of hydrogen-bond acceptors (Lipinski definition) is 4. The molecule has 2 aliphatic carbocycles. The molecule has 1 heterocycles. The van der Waals surface area contributed by atoms with Gasteiger partial charge in [0.25, 0.3) is 5.91 Å². The van der Waals surface area contributed by atoms with Crippen LogP contribution in [0.2, 0.25) is 0 Å². The van der Waals surface area contributed by atoms with Crippen molar-refractivity contribution in [2.45, 2.75) is 44.4 Å². The molecule has 2 fully saturated rings. The van der Waals surface area contributed by atoms with Crippen molar-refractivity contribution in [2.24, 2.45) is 5.41 Å². The summed E-state index contributed by atoms with van der Waals surface area (Å²) in [4.78, 5) is 17.7. The van der Waals surface area contributed by atoms with Crippen LogP contribution in [0.15, 0.2) is 60.8 Å². The lowest BCUT2D eigenvalue weighted by Crippen LogP contribution is -2.66. The van der Waals surface area contributed by atoms with Gasteiger partial charge >= 0.3 is 0 Å². The van der Waals surface area contributed by atoms with Crippen LogP contribution in [0.3, 0.4) is 0 Å². The highest BCUT2D eigenvalue weighted by Crippen LogP contribution is 2.57. The van der Waals surface area contributed by atoms with Gasteiger partial charge in [-0.15, -0.1) is 0 Å². The van der Waals surface area contributed by atoms with Crippen molar-refractivity contribution in [3.8, 4) is 5.75 Å². The first-order chi connectivity index (χ1) is 14.7. The molecule has 1 aromatic heterocycles. The molecular weight excluding hydrogens is 376 g/mol. The van der Waals surface area contributed by atoms with E-state index < -0.39 is 0 Å². The monoisotopic (exact) mass is 402 g/mol. The van der Waals surface area contributed by atoms with Crippen molar-refractivity contribution < 1.29 is 14.3 Å². The molecule has 1 spiro atoms. The quantitative estimate of drug-likeness (QED) is 0.659. The molecule has 1 N–H and O–H groups in total. The number of aromatic nitrogens is 1. The standard InChI is InChI=1S/C25H26N2O3/c1-29-21-15-26-19-11-6-5-10-18(19)22(21)24(28)27-20-14-25(12-7-13-25)23(20)30-16-17-8-3-2-4-9-17/h2-6,8-11,15,20,23H,7,12-14,16H2,1H3,(H,27,28). The number of amides is 1. The Morgan fingerprint density at radius 1 is 1.13 bits per heavy atom. The van der Waals surface area contributed by atoms with Gasteiger partial charge in [0, 0.05) is 10.8 Å². The highest BCUT2D eigenvalue weighted by molar-refractivity contribution is 6.08. The summed E-state index contributed by atoms with van der Waals surface area (Å²) in [6, 6.07) is 17.9. The molecule has 5 heteroatoms. The lowest BCUT2D eigenvalue weighted by atomic mass is 9.52. The highest BCUT2D eigenvalue weighted by Gasteiger charge is 2.58. The predicted molar refractivity (Wildman–Crippen MR) is 115 cm³/mol. The van der Waals surface area contributed by atoms with Crippen LogP contribution in [0.1, 0.15) is 41.6 Å². The van der Waals surface area contributed by atoms with Crippen LogP contribution in [0.25, 0.3) is 10.9 Å². The van der Waals surface area contributed by atoms with Gasteiger partial charge in [0.15, 0.2) is 5.75 Å². The van der Waals surface area contributed by atoms with E-state index in [4.69, 9.17) is 9.47 Å². The molecule has 3 aromatic rings. The normalized spacial score (nSPS) is 21.6. The number of methoxy groups -OCH3 is 1. The van der Waals surface area contributed by atoms with Crippen LogP contribution >= 0.6 is 0 Å². The topological polar surface area (TPSA) is 60.5 Å². The number of hydrogen-bond donors (Lipinski definition) is 1. The molecule has 0 saturated heterocycles. The van der Waals surface area contributed by atoms with E-state index in [0.717, 1.165) is 22.9 Å². The smallest absolute Gasteiger partial charge is 0.256 e. The second-order valence-corrected chi connectivity index (χ2v) is 8.44. The number of benzene rings is 2. The predicted octanol–water partition coefficient (Wildman–Crippen LogP) is 4.50. The Labute approximate surface area is 176 Å². The SMILES string of the molecule is COc1cnc2ccccc2c1C(=O)NC1CC2(CCC2)C1OCc1ccccc1. The Kier molecular flexibility index (Phi) is 4.91. The van der Waals surface area contributed by atoms with Crippen molar-refractivity contribution in [3.05, 3.63) is 71.9 Å². The molecule has 154 valence electrons. The Hall–Kier alpha value is -2.92. The Morgan fingerprint density at radius 2 is 1.90 bits per heavy atom. The van der Waals surface area contributed by atoms with E-state index in [1.165, 1.54) is 19.3 Å². The highest BCUT2D eigenvalue weighted by atomic mass is 16.5. The molecule has 2 saturated carbocycles. The van der Waals surface area contributed by atoms with Gasteiger partial charge in [0.2, 0.25) is 0 Å². The van der Waals surface area contributed by atoms with Gasteiger partial charge in [0.05, 0.1) is 43.1 Å². The number of carbonyl (C=O) groups excluding carboxylic acids is 1. The molecule has 2 unspecified atom stereocenters. The van der Waals surface area contributed by atoms with Gasteiger partial charge in [-0.3, -0.25) is 9.78 Å². The third kappa shape index (κ3) is 3.23. The van der Waals surface area contributed by atoms with Crippen molar-refractivity contribution in [1.29, 1.82) is 0 Å². The fourth-order valence-electron chi connectivity index (χ4n) is 4.98. The summed E-state index contributed by atoms with van der Waals surface area (Å²) in [5.74, 6) is 0.364. The summed E-state index contributed by atoms with van der Waals surface area (Å²) in [6.45, 7) is 0.571. The average Bonchev–Trinajstić information content (AvgIpc) is 2.74. The van der Waals surface area contributed by atoms with Gasteiger partial charge in [0.1, 0.15) is 0 Å². The molecule has 0 aliphatic heterocycles. The number of ether oxygens (including phenoxy) is 2. The lowest BCUT2D eigenvalue weighted by Gasteiger charge is -2.60. The van der Waals surface area contributed by atoms with E-state index in [1.807, 2.05) is 42.5 Å². The summed E-state index contributed by atoms with van der Waals surface area (Å²) in [5.41, 5.74) is 2.71. The second-order valence-electron chi connectivity index (χ2n) is 8.44. The minimum atomic E-state index is -0.127. The first kappa shape index (κ1) is 19.1. The van der Waals surface area contributed by atoms with Crippen molar-refractivity contribution in [1.82, 2.24) is 10.3 Å². The van der Waals surface area contributed by atoms with Gasteiger partial charge in [-0.1, -0.05) is 55.0 Å². The minimum absolute atomic E-state index is 0.0122. The largest absolute Gasteiger partial charge is 0.494 e. The average molecular weight is 402 g/mol. The van der Waals surface area contributed by atoms with Crippen molar-refractivity contribution >= 4 is 16.8 Å². The molecule has 2 aliphatic rings. The molecule has 0 radical (unpaired) electrons. The molecule has 2 atom stereocenters. The summed E-state index contributed by atoms with van der Waals surface area (Å²) in [6.07, 6.45) is 6.25. The molecule has 5 rings (SSSR count). The molecule has 30 heavy (non-hydrogen) atoms. The fourth-order valence-corrected chi connectivity index (χ4v) is 4.98. The Morgan fingerprint density at radius 3 is 2.63 bits per heavy atom. The number of pyridine rings is 1.